The summed E-state index contributed by atoms with van der Waals surface area (Å²) in [5.74, 6) is 1.22. The van der Waals surface area contributed by atoms with Crippen molar-refractivity contribution in [3.05, 3.63) is 0 Å². The van der Waals surface area contributed by atoms with E-state index in [-0.39, 0.29) is 0 Å². The maximum Gasteiger partial charge on any atom is 0.222 e. The van der Waals surface area contributed by atoms with Crippen LogP contribution in [-0.4, -0.2) is 36.0 Å². The third-order valence-electron chi connectivity index (χ3n) is 3.58. The van der Waals surface area contributed by atoms with Gasteiger partial charge in [-0.15, -0.1) is 0 Å². The standard InChI is InChI=1S/C14H26N2O/c1-11(2)15-9-3-4-14(17)16(13-7-8-13)10-12-5-6-12/h11-13,15H,3-10H2,1-2H3. The highest BCUT2D eigenvalue weighted by atomic mass is 16.2. The van der Waals surface area contributed by atoms with E-state index in [0.29, 0.717) is 18.0 Å². The fourth-order valence-electron chi connectivity index (χ4n) is 2.19. The van der Waals surface area contributed by atoms with Crippen molar-refractivity contribution >= 4 is 5.91 Å². The third-order valence-corrected chi connectivity index (χ3v) is 3.58. The van der Waals surface area contributed by atoms with E-state index in [4.69, 9.17) is 0 Å². The zero-order valence-corrected chi connectivity index (χ0v) is 11.2. The summed E-state index contributed by atoms with van der Waals surface area (Å²) in [4.78, 5) is 14.3. The molecular weight excluding hydrogens is 212 g/mol. The Morgan fingerprint density at radius 3 is 2.53 bits per heavy atom. The van der Waals surface area contributed by atoms with Crippen LogP contribution >= 0.6 is 0 Å². The molecule has 3 nitrogen and oxygen atoms in total. The summed E-state index contributed by atoms with van der Waals surface area (Å²) in [5.41, 5.74) is 0. The molecule has 2 aliphatic carbocycles. The van der Waals surface area contributed by atoms with Gasteiger partial charge in [0.15, 0.2) is 0 Å². The van der Waals surface area contributed by atoms with Crippen molar-refractivity contribution in [1.29, 1.82) is 0 Å². The normalized spacial score (nSPS) is 19.7. The number of carbonyl (C=O) groups excluding carboxylic acids is 1. The van der Waals surface area contributed by atoms with Crippen molar-refractivity contribution in [3.63, 3.8) is 0 Å². The van der Waals surface area contributed by atoms with Gasteiger partial charge in [-0.25, -0.2) is 0 Å². The fourth-order valence-corrected chi connectivity index (χ4v) is 2.19. The first-order chi connectivity index (χ1) is 8.16. The maximum absolute atomic E-state index is 12.1. The van der Waals surface area contributed by atoms with Crippen LogP contribution in [0.4, 0.5) is 0 Å². The Morgan fingerprint density at radius 1 is 1.29 bits per heavy atom. The molecule has 17 heavy (non-hydrogen) atoms. The lowest BCUT2D eigenvalue weighted by Gasteiger charge is -2.22. The van der Waals surface area contributed by atoms with E-state index < -0.39 is 0 Å². The van der Waals surface area contributed by atoms with Gasteiger partial charge in [0.2, 0.25) is 5.91 Å². The zero-order chi connectivity index (χ0) is 12.3. The Hall–Kier alpha value is -0.570. The van der Waals surface area contributed by atoms with Gasteiger partial charge in [-0.2, -0.15) is 0 Å². The number of amides is 1. The summed E-state index contributed by atoms with van der Waals surface area (Å²) < 4.78 is 0. The van der Waals surface area contributed by atoms with Gasteiger partial charge >= 0.3 is 0 Å². The van der Waals surface area contributed by atoms with Crippen LogP contribution in [0.15, 0.2) is 0 Å². The average Bonchev–Trinajstić information content (AvgIpc) is 3.14. The van der Waals surface area contributed by atoms with Gasteiger partial charge in [0, 0.05) is 25.0 Å². The Labute approximate surface area is 105 Å². The second kappa shape index (κ2) is 5.85. The minimum atomic E-state index is 0.393. The number of nitrogens with zero attached hydrogens (tertiary/aromatic N) is 1. The van der Waals surface area contributed by atoms with Crippen molar-refractivity contribution in [2.24, 2.45) is 5.92 Å². The van der Waals surface area contributed by atoms with Crippen LogP contribution in [0, 0.1) is 5.92 Å². The molecule has 0 bridgehead atoms. The van der Waals surface area contributed by atoms with E-state index in [2.05, 4.69) is 24.1 Å². The first-order valence-electron chi connectivity index (χ1n) is 7.19. The van der Waals surface area contributed by atoms with E-state index in [1.165, 1.54) is 25.7 Å². The molecule has 98 valence electrons. The van der Waals surface area contributed by atoms with E-state index >= 15 is 0 Å². The molecule has 0 aromatic rings. The Balaban J connectivity index is 1.64. The molecule has 1 N–H and O–H groups in total. The largest absolute Gasteiger partial charge is 0.339 e. The van der Waals surface area contributed by atoms with Crippen LogP contribution < -0.4 is 5.32 Å². The molecule has 0 aromatic carbocycles. The lowest BCUT2D eigenvalue weighted by molar-refractivity contribution is -0.132. The molecule has 1 amide bonds. The molecule has 0 aromatic heterocycles. The van der Waals surface area contributed by atoms with Crippen molar-refractivity contribution in [1.82, 2.24) is 10.2 Å². The second-order valence-corrected chi connectivity index (χ2v) is 5.93. The number of rotatable bonds is 8. The Morgan fingerprint density at radius 2 is 2.00 bits per heavy atom. The van der Waals surface area contributed by atoms with Crippen LogP contribution in [0.5, 0.6) is 0 Å². The van der Waals surface area contributed by atoms with Crippen LogP contribution in [-0.2, 0) is 4.79 Å². The molecule has 2 saturated carbocycles. The summed E-state index contributed by atoms with van der Waals surface area (Å²) in [6.45, 7) is 6.29. The van der Waals surface area contributed by atoms with E-state index in [1.54, 1.807) is 0 Å². The van der Waals surface area contributed by atoms with Gasteiger partial charge in [0.05, 0.1) is 0 Å². The molecule has 2 fully saturated rings. The molecule has 0 atom stereocenters. The first-order valence-corrected chi connectivity index (χ1v) is 7.19. The fraction of sp³-hybridized carbons (Fsp3) is 0.929. The van der Waals surface area contributed by atoms with Crippen LogP contribution in [0.1, 0.15) is 52.4 Å². The smallest absolute Gasteiger partial charge is 0.222 e. The lowest BCUT2D eigenvalue weighted by atomic mass is 10.2. The SMILES string of the molecule is CC(C)NCCCC(=O)N(CC1CC1)C1CC1. The zero-order valence-electron chi connectivity index (χ0n) is 11.2. The van der Waals surface area contributed by atoms with E-state index in [9.17, 15) is 4.79 Å². The quantitative estimate of drug-likeness (QED) is 0.657. The van der Waals surface area contributed by atoms with Gasteiger partial charge in [-0.3, -0.25) is 4.79 Å². The Kier molecular flexibility index (Phi) is 4.43. The summed E-state index contributed by atoms with van der Waals surface area (Å²) >= 11 is 0. The van der Waals surface area contributed by atoms with Crippen LogP contribution in [0.25, 0.3) is 0 Å². The highest BCUT2D eigenvalue weighted by Crippen LogP contribution is 2.35. The monoisotopic (exact) mass is 238 g/mol. The molecule has 0 radical (unpaired) electrons. The molecule has 0 unspecified atom stereocenters. The van der Waals surface area contributed by atoms with Crippen molar-refractivity contribution < 1.29 is 4.79 Å². The van der Waals surface area contributed by atoms with Crippen LogP contribution in [0.3, 0.4) is 0 Å². The molecule has 0 spiro atoms. The molecule has 2 aliphatic rings. The predicted molar refractivity (Wildman–Crippen MR) is 69.8 cm³/mol. The van der Waals surface area contributed by atoms with E-state index in [1.807, 2.05) is 0 Å². The van der Waals surface area contributed by atoms with Crippen molar-refractivity contribution in [3.8, 4) is 0 Å². The second-order valence-electron chi connectivity index (χ2n) is 5.93. The number of carbonyl (C=O) groups is 1. The van der Waals surface area contributed by atoms with Gasteiger partial charge in [0.1, 0.15) is 0 Å². The predicted octanol–water partition coefficient (Wildman–Crippen LogP) is 2.17. The average molecular weight is 238 g/mol. The highest BCUT2D eigenvalue weighted by Gasteiger charge is 2.35. The number of hydrogen-bond acceptors (Lipinski definition) is 2. The number of hydrogen-bond donors (Lipinski definition) is 1. The summed E-state index contributed by atoms with van der Waals surface area (Å²) in [6, 6.07) is 1.12. The topological polar surface area (TPSA) is 32.3 Å². The van der Waals surface area contributed by atoms with Crippen molar-refractivity contribution in [2.75, 3.05) is 13.1 Å². The highest BCUT2D eigenvalue weighted by molar-refractivity contribution is 5.76. The molecule has 0 aliphatic heterocycles. The summed E-state index contributed by atoms with van der Waals surface area (Å²) in [7, 11) is 0. The molecule has 2 rings (SSSR count). The minimum absolute atomic E-state index is 0.393. The minimum Gasteiger partial charge on any atom is -0.339 e. The summed E-state index contributed by atoms with van der Waals surface area (Å²) in [6.07, 6.45) is 6.86. The molecule has 3 heteroatoms. The van der Waals surface area contributed by atoms with Gasteiger partial charge in [-0.05, 0) is 44.6 Å². The first kappa shape index (κ1) is 12.9. The molecule has 0 heterocycles. The third kappa shape index (κ3) is 4.66. The van der Waals surface area contributed by atoms with Gasteiger partial charge in [0.25, 0.3) is 0 Å². The Bertz CT molecular complexity index is 257. The lowest BCUT2D eigenvalue weighted by Crippen LogP contribution is -2.35. The van der Waals surface area contributed by atoms with Crippen LogP contribution in [0.2, 0.25) is 0 Å². The van der Waals surface area contributed by atoms with E-state index in [0.717, 1.165) is 31.8 Å². The molecule has 0 saturated heterocycles. The van der Waals surface area contributed by atoms with Gasteiger partial charge < -0.3 is 10.2 Å². The van der Waals surface area contributed by atoms with Gasteiger partial charge in [-0.1, -0.05) is 13.8 Å². The molecular formula is C14H26N2O. The summed E-state index contributed by atoms with van der Waals surface area (Å²) in [5, 5.41) is 3.37. The maximum atomic E-state index is 12.1. The number of nitrogens with one attached hydrogen (secondary N) is 1. The van der Waals surface area contributed by atoms with Crippen molar-refractivity contribution in [2.45, 2.75) is 64.5 Å².